The van der Waals surface area contributed by atoms with Crippen LogP contribution in [0.4, 0.5) is 0 Å². The van der Waals surface area contributed by atoms with E-state index in [1.807, 2.05) is 0 Å². The zero-order chi connectivity index (χ0) is 49.6. The van der Waals surface area contributed by atoms with E-state index < -0.39 is 211 Å². The fraction of sp³-hybridized carbons (Fsp3) is 1.00. The predicted octanol–water partition coefficient (Wildman–Crippen LogP) is -9.58. The van der Waals surface area contributed by atoms with Gasteiger partial charge < -0.3 is 139 Å². The molecule has 22 aliphatic heterocycles. The summed E-state index contributed by atoms with van der Waals surface area (Å²) in [5, 5.41) is 177. The molecule has 28 nitrogen and oxygen atoms in total. The summed E-state index contributed by atoms with van der Waals surface area (Å²) >= 11 is 0. The third-order valence-corrected chi connectivity index (χ3v) is 13.4. The molecule has 22 aliphatic rings. The minimum absolute atomic E-state index is 0.0487. The molecule has 0 aromatic heterocycles. The Morgan fingerprint density at radius 3 is 0.676 bits per heavy atom. The standard InChI is InChI=1S/C40H68O28/c1-4-11-29-17(45)23(51)35(57-11)65-31-13(6-41)60-38(26(54)20(31)48)67-33-15(8-43)62-40(28(56)22(33)50)68-34-16(9-44)61-39(27(55)21(34)49)66-32-14(7-42)59-37(25(53)19(32)47)64-30-12(5-10(2)3)58-36(63-29)24(52)18(30)46/h10-56H,4-9H2,1-3H3. The van der Waals surface area contributed by atoms with E-state index in [2.05, 4.69) is 0 Å². The Morgan fingerprint density at radius 1 is 0.279 bits per heavy atom. The largest absolute Gasteiger partial charge is 0.394 e. The van der Waals surface area contributed by atoms with E-state index in [1.165, 1.54) is 0 Å². The van der Waals surface area contributed by atoms with Crippen molar-refractivity contribution in [2.45, 2.75) is 218 Å². The molecule has 22 saturated heterocycles. The van der Waals surface area contributed by atoms with E-state index in [0.29, 0.717) is 0 Å². The van der Waals surface area contributed by atoms with Crippen LogP contribution in [-0.2, 0) is 56.8 Å². The molecule has 68 heavy (non-hydrogen) atoms. The van der Waals surface area contributed by atoms with Crippen LogP contribution in [0.5, 0.6) is 0 Å². The van der Waals surface area contributed by atoms with E-state index in [-0.39, 0.29) is 18.8 Å². The van der Waals surface area contributed by atoms with Crippen LogP contribution in [0.2, 0.25) is 0 Å². The Kier molecular flexibility index (Phi) is 18.5. The topological polar surface area (TPSA) is 434 Å². The van der Waals surface area contributed by atoms with Crippen LogP contribution in [0.25, 0.3) is 0 Å². The summed E-state index contributed by atoms with van der Waals surface area (Å²) in [5.74, 6) is -0.182. The molecule has 30 atom stereocenters. The molecule has 22 heterocycles. The van der Waals surface area contributed by atoms with Crippen molar-refractivity contribution in [3.63, 3.8) is 0 Å². The maximum absolute atomic E-state index is 11.6. The monoisotopic (exact) mass is 996 g/mol. The summed E-state index contributed by atoms with van der Waals surface area (Å²) in [4.78, 5) is 0. The molecule has 22 fully saturated rings. The summed E-state index contributed by atoms with van der Waals surface area (Å²) in [6, 6.07) is 0. The lowest BCUT2D eigenvalue weighted by atomic mass is 9.91. The van der Waals surface area contributed by atoms with E-state index in [1.54, 1.807) is 20.8 Å². The first-order valence-electron chi connectivity index (χ1n) is 22.7. The van der Waals surface area contributed by atoms with Crippen LogP contribution in [0.15, 0.2) is 0 Å². The van der Waals surface area contributed by atoms with Gasteiger partial charge in [0, 0.05) is 0 Å². The van der Waals surface area contributed by atoms with Gasteiger partial charge in [0.15, 0.2) is 37.7 Å². The van der Waals surface area contributed by atoms with Gasteiger partial charge in [-0.1, -0.05) is 20.8 Å². The molecule has 0 amide bonds. The van der Waals surface area contributed by atoms with E-state index in [9.17, 15) is 81.7 Å². The number of hydrogen-bond donors (Lipinski definition) is 16. The maximum Gasteiger partial charge on any atom is 0.187 e. The van der Waals surface area contributed by atoms with Crippen molar-refractivity contribution >= 4 is 0 Å². The molecule has 22 rings (SSSR count). The van der Waals surface area contributed by atoms with Crippen LogP contribution in [0.3, 0.4) is 0 Å². The van der Waals surface area contributed by atoms with Gasteiger partial charge in [0.25, 0.3) is 0 Å². The third-order valence-electron chi connectivity index (χ3n) is 13.4. The number of ether oxygens (including phenoxy) is 12. The molecule has 28 heteroatoms. The van der Waals surface area contributed by atoms with Crippen LogP contribution < -0.4 is 0 Å². The molecule has 0 aromatic carbocycles. The van der Waals surface area contributed by atoms with Gasteiger partial charge in [-0.25, -0.2) is 0 Å². The first-order valence-corrected chi connectivity index (χ1v) is 22.7. The molecular weight excluding hydrogens is 928 g/mol. The van der Waals surface area contributed by atoms with Gasteiger partial charge in [-0.05, 0) is 18.8 Å². The Morgan fingerprint density at radius 2 is 0.471 bits per heavy atom. The minimum Gasteiger partial charge on any atom is -0.394 e. The van der Waals surface area contributed by atoms with Crippen molar-refractivity contribution in [1.82, 2.24) is 0 Å². The molecule has 0 radical (unpaired) electrons. The summed E-state index contributed by atoms with van der Waals surface area (Å²) in [6.07, 6.45) is -54.3. The predicted molar refractivity (Wildman–Crippen MR) is 211 cm³/mol. The summed E-state index contributed by atoms with van der Waals surface area (Å²) in [6.45, 7) is 1.39. The summed E-state index contributed by atoms with van der Waals surface area (Å²) in [7, 11) is 0. The molecule has 30 unspecified atom stereocenters. The smallest absolute Gasteiger partial charge is 0.187 e. The Labute approximate surface area is 388 Å². The highest BCUT2D eigenvalue weighted by atomic mass is 16.8. The fourth-order valence-corrected chi connectivity index (χ4v) is 9.62. The van der Waals surface area contributed by atoms with Gasteiger partial charge in [-0.3, -0.25) is 0 Å². The molecule has 0 spiro atoms. The maximum atomic E-state index is 11.6. The van der Waals surface area contributed by atoms with Crippen molar-refractivity contribution in [1.29, 1.82) is 0 Å². The third kappa shape index (κ3) is 10.8. The van der Waals surface area contributed by atoms with Crippen LogP contribution in [-0.4, -0.2) is 292 Å². The Balaban J connectivity index is 1.20. The van der Waals surface area contributed by atoms with Crippen molar-refractivity contribution in [3.05, 3.63) is 0 Å². The molecule has 0 aliphatic carbocycles. The van der Waals surface area contributed by atoms with Crippen molar-refractivity contribution in [2.24, 2.45) is 5.92 Å². The van der Waals surface area contributed by atoms with Crippen molar-refractivity contribution in [3.8, 4) is 0 Å². The molecule has 16 N–H and O–H groups in total. The Hall–Kier alpha value is -1.12. The first kappa shape index (κ1) is 54.6. The quantitative estimate of drug-likeness (QED) is 0.113. The lowest BCUT2D eigenvalue weighted by Crippen LogP contribution is -2.68. The number of aliphatic hydroxyl groups is 16. The van der Waals surface area contributed by atoms with Crippen molar-refractivity contribution < 1.29 is 139 Å². The van der Waals surface area contributed by atoms with Gasteiger partial charge in [-0.2, -0.15) is 0 Å². The highest BCUT2D eigenvalue weighted by Gasteiger charge is 2.58. The van der Waals surface area contributed by atoms with Crippen LogP contribution in [0.1, 0.15) is 33.6 Å². The molecule has 396 valence electrons. The highest BCUT2D eigenvalue weighted by Crippen LogP contribution is 2.39. The zero-order valence-corrected chi connectivity index (χ0v) is 37.2. The number of rotatable bonds is 7. The van der Waals surface area contributed by atoms with E-state index >= 15 is 0 Å². The Bertz CT molecular complexity index is 1560. The average Bonchev–Trinajstić information content (AvgIpc) is 3.31. The van der Waals surface area contributed by atoms with Gasteiger partial charge in [-0.15, -0.1) is 0 Å². The second kappa shape index (κ2) is 23.0. The molecule has 12 bridgehead atoms. The lowest BCUT2D eigenvalue weighted by Gasteiger charge is -2.51. The SMILES string of the molecule is CCC1OC2OC3C(CO)OC(OC4C(CO)OC(OC5C(CO)OC(OC6C(CO)OC(OC7C(CC(C)C)OC(OC1C(O)C2O)C(O)C7O)C(O)C6O)C(O)C5O)C(O)C4O)C(O)C3O. The molecule has 0 saturated carbocycles. The minimum atomic E-state index is -2.12. The molecule has 0 aromatic rings. The number of hydrogen-bond acceptors (Lipinski definition) is 28. The van der Waals surface area contributed by atoms with Crippen molar-refractivity contribution in [2.75, 3.05) is 26.4 Å². The van der Waals surface area contributed by atoms with Gasteiger partial charge in [0.1, 0.15) is 134 Å². The first-order chi connectivity index (χ1) is 32.3. The lowest BCUT2D eigenvalue weighted by molar-refractivity contribution is -0.403. The second-order valence-corrected chi connectivity index (χ2v) is 18.5. The van der Waals surface area contributed by atoms with Gasteiger partial charge in [0.05, 0.1) is 38.6 Å². The van der Waals surface area contributed by atoms with Crippen LogP contribution in [0, 0.1) is 5.92 Å². The highest BCUT2D eigenvalue weighted by molar-refractivity contribution is 5.01. The molecular formula is C40H68O28. The summed E-state index contributed by atoms with van der Waals surface area (Å²) in [5.41, 5.74) is 0. The number of aliphatic hydroxyl groups excluding tert-OH is 16. The fourth-order valence-electron chi connectivity index (χ4n) is 9.62. The second-order valence-electron chi connectivity index (χ2n) is 18.5. The normalized spacial score (nSPS) is 54.2. The van der Waals surface area contributed by atoms with Crippen LogP contribution >= 0.6 is 0 Å². The summed E-state index contributed by atoms with van der Waals surface area (Å²) < 4.78 is 70.1. The zero-order valence-electron chi connectivity index (χ0n) is 37.2. The van der Waals surface area contributed by atoms with E-state index in [0.717, 1.165) is 0 Å². The van der Waals surface area contributed by atoms with Gasteiger partial charge >= 0.3 is 0 Å². The van der Waals surface area contributed by atoms with Gasteiger partial charge in [0.2, 0.25) is 0 Å². The van der Waals surface area contributed by atoms with E-state index in [4.69, 9.17) is 56.8 Å². The average molecular weight is 997 g/mol.